The first-order valence-corrected chi connectivity index (χ1v) is 24.8. The molecule has 2 aliphatic rings. The Morgan fingerprint density at radius 1 is 0.600 bits per heavy atom. The average Bonchev–Trinajstić information content (AvgIpc) is 3.27. The minimum atomic E-state index is -2.12. The summed E-state index contributed by atoms with van der Waals surface area (Å²) in [5, 5.41) is 12.2. The van der Waals surface area contributed by atoms with E-state index in [4.69, 9.17) is 0 Å². The number of hydrogen-bond donors (Lipinski definition) is 0. The highest BCUT2D eigenvalue weighted by Gasteiger charge is 2.41. The van der Waals surface area contributed by atoms with Crippen LogP contribution in [-0.2, 0) is 0 Å². The summed E-state index contributed by atoms with van der Waals surface area (Å²) in [7, 11) is -5.58. The number of fused-ring (bicyclic) bond motifs is 17. The van der Waals surface area contributed by atoms with Gasteiger partial charge in [-0.25, -0.2) is 0 Å². The second-order valence-electron chi connectivity index (χ2n) is 14.5. The molecule has 1 aliphatic heterocycles. The third kappa shape index (κ3) is 3.60. The molecule has 3 heteroatoms. The molecule has 1 heterocycles. The second-order valence-corrected chi connectivity index (χ2v) is 28.9. The van der Waals surface area contributed by atoms with Gasteiger partial charge in [0.05, 0.1) is 16.1 Å². The Balaban J connectivity index is 1.81. The van der Waals surface area contributed by atoms with Gasteiger partial charge in [-0.2, -0.15) is 0 Å². The van der Waals surface area contributed by atoms with Gasteiger partial charge in [0, 0.05) is 5.92 Å². The Labute approximate surface area is 242 Å². The highest BCUT2D eigenvalue weighted by molar-refractivity contribution is 7.04. The van der Waals surface area contributed by atoms with Crippen LogP contribution >= 0.6 is 0 Å². The molecule has 1 radical (unpaired) electrons. The molecule has 0 spiro atoms. The van der Waals surface area contributed by atoms with Crippen LogP contribution in [-0.4, -0.2) is 24.2 Å². The highest BCUT2D eigenvalue weighted by atomic mass is 28.3. The first kappa shape index (κ1) is 25.9. The van der Waals surface area contributed by atoms with Gasteiger partial charge in [-0.15, -0.1) is 0 Å². The van der Waals surface area contributed by atoms with Gasteiger partial charge in [-0.3, -0.25) is 0 Å². The van der Waals surface area contributed by atoms with Gasteiger partial charge >= 0.3 is 0 Å². The Hall–Kier alpha value is -2.99. The lowest BCUT2D eigenvalue weighted by molar-refractivity contribution is 1.09. The van der Waals surface area contributed by atoms with Crippen LogP contribution in [0.15, 0.2) is 84.9 Å². The van der Waals surface area contributed by atoms with Crippen molar-refractivity contribution in [1.29, 1.82) is 0 Å². The van der Waals surface area contributed by atoms with Crippen molar-refractivity contribution in [3.8, 4) is 0 Å². The first-order valence-electron chi connectivity index (χ1n) is 14.8. The molecule has 7 rings (SSSR count). The maximum absolute atomic E-state index is 4.07. The highest BCUT2D eigenvalue weighted by Crippen LogP contribution is 2.48. The smallest absolute Gasteiger partial charge is 0.0656 e. The molecule has 4 bridgehead atoms. The minimum Gasteiger partial charge on any atom is -0.0656 e. The Bertz CT molecular complexity index is 1890. The van der Waals surface area contributed by atoms with Crippen LogP contribution in [0.1, 0.15) is 28.2 Å². The van der Waals surface area contributed by atoms with Crippen LogP contribution in [0, 0.1) is 6.08 Å². The van der Waals surface area contributed by atoms with Crippen molar-refractivity contribution in [1.82, 2.24) is 0 Å². The van der Waals surface area contributed by atoms with Crippen LogP contribution in [0.4, 0.5) is 0 Å². The van der Waals surface area contributed by atoms with Gasteiger partial charge in [0.15, 0.2) is 0 Å². The summed E-state index contributed by atoms with van der Waals surface area (Å²) < 4.78 is 0. The first-order chi connectivity index (χ1) is 18.9. The fourth-order valence-corrected chi connectivity index (χ4v) is 14.1. The molecule has 0 fully saturated rings. The van der Waals surface area contributed by atoms with Gasteiger partial charge in [-0.1, -0.05) is 148 Å². The van der Waals surface area contributed by atoms with Gasteiger partial charge in [-0.05, 0) is 65.8 Å². The average molecular weight is 568 g/mol. The Kier molecular flexibility index (Phi) is 5.52. The lowest BCUT2D eigenvalue weighted by Gasteiger charge is -2.32. The van der Waals surface area contributed by atoms with Gasteiger partial charge in [0.2, 0.25) is 0 Å². The summed E-state index contributed by atoms with van der Waals surface area (Å²) in [4.78, 5) is 0. The molecule has 5 aromatic carbocycles. The van der Waals surface area contributed by atoms with Crippen molar-refractivity contribution in [2.75, 3.05) is 0 Å². The summed E-state index contributed by atoms with van der Waals surface area (Å²) >= 11 is 0. The van der Waals surface area contributed by atoms with E-state index < -0.39 is 24.2 Å². The Morgan fingerprint density at radius 2 is 1.10 bits per heavy atom. The molecule has 0 amide bonds. The quantitative estimate of drug-likeness (QED) is 0.193. The standard InChI is InChI=1S/C37H39Si3/c1-38(2,3)33-22-31-26-17-11-13-19-28(26)35(33)30-21-24-15-9-10-16-25(24)36(30)37-29-20-14-12-18-27(29)32(40(31,7)8)23-34(37)39(4,5)6/h9-20,22-23,36H,1-8H3. The molecule has 1 aliphatic carbocycles. The summed E-state index contributed by atoms with van der Waals surface area (Å²) in [6.45, 7) is 20.4. The van der Waals surface area contributed by atoms with E-state index in [1.54, 1.807) is 26.3 Å². The molecule has 1 atom stereocenters. The monoisotopic (exact) mass is 567 g/mol. The maximum atomic E-state index is 4.07. The van der Waals surface area contributed by atoms with Crippen molar-refractivity contribution in [3.05, 3.63) is 113 Å². The van der Waals surface area contributed by atoms with Crippen molar-refractivity contribution in [3.63, 3.8) is 0 Å². The van der Waals surface area contributed by atoms with E-state index >= 15 is 0 Å². The van der Waals surface area contributed by atoms with Crippen LogP contribution in [0.25, 0.3) is 27.1 Å². The summed E-state index contributed by atoms with van der Waals surface area (Å²) in [5.74, 6) is 0.184. The lowest BCUT2D eigenvalue weighted by atomic mass is 9.81. The summed E-state index contributed by atoms with van der Waals surface area (Å²) in [5.41, 5.74) is 7.09. The number of benzene rings is 5. The van der Waals surface area contributed by atoms with E-state index in [1.807, 2.05) is 0 Å². The van der Waals surface area contributed by atoms with Crippen molar-refractivity contribution >= 4 is 72.1 Å². The lowest BCUT2D eigenvalue weighted by Crippen LogP contribution is -2.57. The SMILES string of the molecule is C[Si](C)(C)c1cc2c3ccccc3c1C1=[C]c3ccccc3C1c1c([Si](C)(C)C)cc(c3ccccc13)[Si]2(C)C. The zero-order valence-corrected chi connectivity index (χ0v) is 28.2. The van der Waals surface area contributed by atoms with E-state index in [0.29, 0.717) is 0 Å². The molecule has 0 nitrogen and oxygen atoms in total. The van der Waals surface area contributed by atoms with E-state index in [-0.39, 0.29) is 5.92 Å². The third-order valence-electron chi connectivity index (χ3n) is 9.48. The van der Waals surface area contributed by atoms with Crippen molar-refractivity contribution in [2.45, 2.75) is 58.3 Å². The number of hydrogen-bond acceptors (Lipinski definition) is 0. The fraction of sp³-hybridized carbons (Fsp3) is 0.243. The van der Waals surface area contributed by atoms with E-state index in [1.165, 1.54) is 43.8 Å². The van der Waals surface area contributed by atoms with Gasteiger partial charge < -0.3 is 0 Å². The number of allylic oxidation sites excluding steroid dienone is 1. The molecular formula is C37H39Si3. The molecule has 0 saturated carbocycles. The van der Waals surface area contributed by atoms with E-state index in [9.17, 15) is 0 Å². The predicted molar refractivity (Wildman–Crippen MR) is 185 cm³/mol. The normalized spacial score (nSPS) is 17.6. The molecule has 5 aromatic rings. The molecule has 199 valence electrons. The van der Waals surface area contributed by atoms with Gasteiger partial charge in [0.25, 0.3) is 0 Å². The van der Waals surface area contributed by atoms with Gasteiger partial charge in [0.1, 0.15) is 8.07 Å². The fourth-order valence-electron chi connectivity index (χ4n) is 7.51. The van der Waals surface area contributed by atoms with E-state index in [2.05, 4.69) is 143 Å². The van der Waals surface area contributed by atoms with Crippen LogP contribution < -0.4 is 20.7 Å². The molecule has 0 saturated heterocycles. The minimum absolute atomic E-state index is 0.184. The summed E-state index contributed by atoms with van der Waals surface area (Å²) in [6, 6.07) is 33.1. The van der Waals surface area contributed by atoms with Crippen molar-refractivity contribution < 1.29 is 0 Å². The van der Waals surface area contributed by atoms with Crippen LogP contribution in [0.3, 0.4) is 0 Å². The van der Waals surface area contributed by atoms with Crippen molar-refractivity contribution in [2.24, 2.45) is 0 Å². The topological polar surface area (TPSA) is 0 Å². The molecule has 0 N–H and O–H groups in total. The third-order valence-corrected chi connectivity index (χ3v) is 17.0. The zero-order chi connectivity index (χ0) is 28.2. The van der Waals surface area contributed by atoms with Crippen LogP contribution in [0.2, 0.25) is 52.4 Å². The maximum Gasteiger partial charge on any atom is 0.113 e. The number of rotatable bonds is 2. The molecule has 0 aromatic heterocycles. The van der Waals surface area contributed by atoms with Crippen LogP contribution in [0.5, 0.6) is 0 Å². The second kappa shape index (κ2) is 8.51. The zero-order valence-electron chi connectivity index (χ0n) is 25.2. The molecule has 40 heavy (non-hydrogen) atoms. The predicted octanol–water partition coefficient (Wildman–Crippen LogP) is 7.60. The Morgan fingerprint density at radius 3 is 1.73 bits per heavy atom. The molecular weight excluding hydrogens is 529 g/mol. The van der Waals surface area contributed by atoms with E-state index in [0.717, 1.165) is 0 Å². The molecule has 1 unspecified atom stereocenters. The summed E-state index contributed by atoms with van der Waals surface area (Å²) in [6.07, 6.45) is 4.07. The largest absolute Gasteiger partial charge is 0.113 e.